The molecule has 0 saturated carbocycles. The molecule has 4 nitrogen and oxygen atoms in total. The van der Waals surface area contributed by atoms with Crippen LogP contribution in [0.5, 0.6) is 0 Å². The van der Waals surface area contributed by atoms with Crippen LogP contribution in [-0.4, -0.2) is 18.4 Å². The van der Waals surface area contributed by atoms with E-state index in [1.165, 1.54) is 6.08 Å². The van der Waals surface area contributed by atoms with Gasteiger partial charge < -0.3 is 0 Å². The van der Waals surface area contributed by atoms with Crippen LogP contribution >= 0.6 is 0 Å². The molecule has 0 aliphatic carbocycles. The number of nitrogens with zero attached hydrogens (tertiary/aromatic N) is 2. The molecule has 5 heteroatoms. The Balaban J connectivity index is 2.95. The van der Waals surface area contributed by atoms with E-state index in [1.54, 1.807) is 18.3 Å². The fraction of sp³-hybridized carbons (Fsp3) is 0. The van der Waals surface area contributed by atoms with Crippen molar-refractivity contribution >= 4 is 21.4 Å². The number of pyridine rings is 1. The van der Waals surface area contributed by atoms with E-state index in [9.17, 15) is 8.42 Å². The quantitative estimate of drug-likeness (QED) is 0.457. The lowest BCUT2D eigenvalue weighted by atomic mass is 10.4. The fourth-order valence-electron chi connectivity index (χ4n) is 0.971. The summed E-state index contributed by atoms with van der Waals surface area (Å²) in [5, 5.41) is 0.747. The van der Waals surface area contributed by atoms with E-state index >= 15 is 0 Å². The molecule has 2 rings (SSSR count). The molecular weight excluding hydrogens is 176 g/mol. The molecular formula is C7H4N2O2S. The zero-order valence-electron chi connectivity index (χ0n) is 5.93. The maximum Gasteiger partial charge on any atom is 0.240 e. The molecule has 1 aliphatic heterocycles. The number of hydrogen-bond donors (Lipinski definition) is 0. The fourth-order valence-corrected chi connectivity index (χ4v) is 1.35. The Kier molecular flexibility index (Phi) is 1.51. The van der Waals surface area contributed by atoms with Gasteiger partial charge in [-0.3, -0.25) is 0 Å². The van der Waals surface area contributed by atoms with Crippen molar-refractivity contribution < 1.29 is 8.42 Å². The minimum atomic E-state index is -2.26. The maximum absolute atomic E-state index is 10.5. The van der Waals surface area contributed by atoms with Crippen molar-refractivity contribution in [2.75, 3.05) is 0 Å². The molecule has 0 radical (unpaired) electrons. The van der Waals surface area contributed by atoms with E-state index in [0.29, 0.717) is 5.49 Å². The maximum atomic E-state index is 10.5. The average Bonchev–Trinajstić information content (AvgIpc) is 2.46. The summed E-state index contributed by atoms with van der Waals surface area (Å²) in [7, 11) is -2.26. The lowest BCUT2D eigenvalue weighted by Gasteiger charge is -1.77. The summed E-state index contributed by atoms with van der Waals surface area (Å²) in [6, 6.07) is 3.51. The number of aromatic nitrogens is 1. The van der Waals surface area contributed by atoms with Gasteiger partial charge in [0.1, 0.15) is 0 Å². The highest BCUT2D eigenvalue weighted by atomic mass is 32.2. The lowest BCUT2D eigenvalue weighted by Crippen LogP contribution is -2.23. The van der Waals surface area contributed by atoms with Crippen molar-refractivity contribution in [3.63, 3.8) is 0 Å². The molecule has 2 heterocycles. The summed E-state index contributed by atoms with van der Waals surface area (Å²) >= 11 is 0. The highest BCUT2D eigenvalue weighted by Crippen LogP contribution is 1.82. The van der Waals surface area contributed by atoms with Gasteiger partial charge >= 0.3 is 0 Å². The van der Waals surface area contributed by atoms with Gasteiger partial charge in [0, 0.05) is 11.4 Å². The third-order valence-corrected chi connectivity index (χ3v) is 2.03. The van der Waals surface area contributed by atoms with Crippen LogP contribution in [0.4, 0.5) is 0 Å². The lowest BCUT2D eigenvalue weighted by molar-refractivity contribution is 0.627. The van der Waals surface area contributed by atoms with Crippen molar-refractivity contribution in [1.82, 2.24) is 4.98 Å². The SMILES string of the molecule is O=S(=O)=C1C=c2cccnc2=N1. The topological polar surface area (TPSA) is 59.4 Å². The Morgan fingerprint density at radius 3 is 2.83 bits per heavy atom. The molecule has 0 atom stereocenters. The van der Waals surface area contributed by atoms with Crippen molar-refractivity contribution in [3.05, 3.63) is 29.0 Å². The molecule has 12 heavy (non-hydrogen) atoms. The second kappa shape index (κ2) is 2.53. The molecule has 1 aromatic heterocycles. The predicted molar refractivity (Wildman–Crippen MR) is 43.4 cm³/mol. The van der Waals surface area contributed by atoms with Gasteiger partial charge in [0.25, 0.3) is 0 Å². The number of fused-ring (bicyclic) bond motifs is 1. The molecule has 0 saturated heterocycles. The first-order valence-electron chi connectivity index (χ1n) is 3.25. The zero-order chi connectivity index (χ0) is 8.55. The van der Waals surface area contributed by atoms with Crippen LogP contribution < -0.4 is 10.7 Å². The van der Waals surface area contributed by atoms with E-state index in [2.05, 4.69) is 9.98 Å². The number of rotatable bonds is 0. The Bertz CT molecular complexity index is 527. The zero-order valence-corrected chi connectivity index (χ0v) is 6.75. The number of hydrogen-bond acceptors (Lipinski definition) is 3. The summed E-state index contributed by atoms with van der Waals surface area (Å²) in [5.74, 6) is 0. The van der Waals surface area contributed by atoms with Gasteiger partial charge in [-0.1, -0.05) is 0 Å². The highest BCUT2D eigenvalue weighted by molar-refractivity contribution is 7.73. The van der Waals surface area contributed by atoms with Crippen molar-refractivity contribution in [3.8, 4) is 0 Å². The van der Waals surface area contributed by atoms with Gasteiger partial charge in [-0.2, -0.15) is 8.42 Å². The van der Waals surface area contributed by atoms with Crippen LogP contribution in [0.3, 0.4) is 0 Å². The normalized spacial score (nSPS) is 13.2. The predicted octanol–water partition coefficient (Wildman–Crippen LogP) is -1.50. The summed E-state index contributed by atoms with van der Waals surface area (Å²) in [4.78, 5) is 7.73. The largest absolute Gasteiger partial charge is 0.240 e. The van der Waals surface area contributed by atoms with E-state index in [1.807, 2.05) is 0 Å². The first-order chi connectivity index (χ1) is 5.77. The Morgan fingerprint density at radius 1 is 1.33 bits per heavy atom. The minimum absolute atomic E-state index is 0.0451. The van der Waals surface area contributed by atoms with Crippen LogP contribution in [0.1, 0.15) is 0 Å². The van der Waals surface area contributed by atoms with Crippen LogP contribution in [-0.2, 0) is 10.3 Å². The van der Waals surface area contributed by atoms with Gasteiger partial charge in [-0.15, -0.1) is 0 Å². The van der Waals surface area contributed by atoms with Crippen molar-refractivity contribution in [2.24, 2.45) is 4.99 Å². The van der Waals surface area contributed by atoms with E-state index in [-0.39, 0.29) is 4.99 Å². The highest BCUT2D eigenvalue weighted by Gasteiger charge is 2.02. The van der Waals surface area contributed by atoms with Crippen LogP contribution in [0.15, 0.2) is 23.3 Å². The molecule has 0 amide bonds. The monoisotopic (exact) mass is 180 g/mol. The minimum Gasteiger partial charge on any atom is -0.237 e. The van der Waals surface area contributed by atoms with Crippen LogP contribution in [0, 0.1) is 0 Å². The summed E-state index contributed by atoms with van der Waals surface area (Å²) < 4.78 is 21.0. The van der Waals surface area contributed by atoms with Gasteiger partial charge in [-0.25, -0.2) is 9.98 Å². The smallest absolute Gasteiger partial charge is 0.237 e. The molecule has 0 unspecified atom stereocenters. The second-order valence-electron chi connectivity index (χ2n) is 2.25. The van der Waals surface area contributed by atoms with Crippen LogP contribution in [0.2, 0.25) is 0 Å². The van der Waals surface area contributed by atoms with Gasteiger partial charge in [0.15, 0.2) is 10.5 Å². The molecule has 0 aromatic carbocycles. The molecule has 1 aromatic rings. The third kappa shape index (κ3) is 1.04. The molecule has 1 aliphatic rings. The van der Waals surface area contributed by atoms with Crippen LogP contribution in [0.25, 0.3) is 6.08 Å². The third-order valence-electron chi connectivity index (χ3n) is 1.48. The van der Waals surface area contributed by atoms with E-state index in [0.717, 1.165) is 5.22 Å². The second-order valence-corrected chi connectivity index (χ2v) is 3.13. The standard InChI is InChI=1S/C7H4N2O2S/c10-12(11)6-4-5-2-1-3-8-7(5)9-6/h1-4H. The summed E-state index contributed by atoms with van der Waals surface area (Å²) in [6.45, 7) is 0. The Hall–Kier alpha value is -1.49. The molecule has 0 fully saturated rings. The van der Waals surface area contributed by atoms with Gasteiger partial charge in [-0.05, 0) is 18.2 Å². The van der Waals surface area contributed by atoms with E-state index in [4.69, 9.17) is 0 Å². The Morgan fingerprint density at radius 2 is 2.17 bits per heavy atom. The average molecular weight is 180 g/mol. The first-order valence-corrected chi connectivity index (χ1v) is 4.32. The van der Waals surface area contributed by atoms with Crippen molar-refractivity contribution in [1.29, 1.82) is 0 Å². The molecule has 0 N–H and O–H groups in total. The van der Waals surface area contributed by atoms with E-state index < -0.39 is 10.3 Å². The molecule has 0 spiro atoms. The van der Waals surface area contributed by atoms with Crippen molar-refractivity contribution in [2.45, 2.75) is 0 Å². The summed E-state index contributed by atoms with van der Waals surface area (Å²) in [6.07, 6.45) is 3.07. The Labute approximate surface area is 69.4 Å². The first kappa shape index (κ1) is 7.17. The van der Waals surface area contributed by atoms with Gasteiger partial charge in [0.2, 0.25) is 10.3 Å². The molecule has 60 valence electrons. The van der Waals surface area contributed by atoms with Gasteiger partial charge in [0.05, 0.1) is 0 Å². The summed E-state index contributed by atoms with van der Waals surface area (Å²) in [5.41, 5.74) is 0.469. The molecule has 0 bridgehead atoms.